The number of hydrogen-bond donors (Lipinski definition) is 6. The molecule has 0 radical (unpaired) electrons. The average molecular weight is 1250 g/mol. The van der Waals surface area contributed by atoms with Crippen LogP contribution in [0, 0.1) is 18.2 Å². The molecule has 3 fully saturated rings. The molecule has 3 aromatic heterocycles. The van der Waals surface area contributed by atoms with Crippen molar-refractivity contribution in [2.24, 2.45) is 5.41 Å². The Hall–Kier alpha value is -7.85. The van der Waals surface area contributed by atoms with Crippen LogP contribution in [0.5, 0.6) is 0 Å². The fourth-order valence-corrected chi connectivity index (χ4v) is 11.7. The molecule has 474 valence electrons. The van der Waals surface area contributed by atoms with Crippen molar-refractivity contribution in [1.82, 2.24) is 45.6 Å². The van der Waals surface area contributed by atoms with E-state index in [-0.39, 0.29) is 106 Å². The first-order chi connectivity index (χ1) is 41.7. The summed E-state index contributed by atoms with van der Waals surface area (Å²) in [6, 6.07) is 12.1. The highest BCUT2D eigenvalue weighted by Gasteiger charge is 2.45. The number of β-amino-alcohol motifs (C(OH)–C–C–N with tert-alkyl or cyclic N) is 1. The smallest absolute Gasteiger partial charge is 0.391 e. The summed E-state index contributed by atoms with van der Waals surface area (Å²) >= 11 is 1.55. The molecule has 6 amide bonds. The minimum atomic E-state index is -5.01. The molecule has 0 spiro atoms. The second-order valence-electron chi connectivity index (χ2n) is 23.4. The van der Waals surface area contributed by atoms with E-state index in [0.29, 0.717) is 62.9 Å². The molecule has 0 bridgehead atoms. The number of nitrogens with one attached hydrogen (secondary N) is 5. The van der Waals surface area contributed by atoms with E-state index < -0.39 is 75.9 Å². The highest BCUT2D eigenvalue weighted by Crippen LogP contribution is 2.38. The molecule has 27 heteroatoms. The Kier molecular flexibility index (Phi) is 21.8. The van der Waals surface area contributed by atoms with Crippen LogP contribution in [-0.2, 0) is 46.2 Å². The fraction of sp³-hybridized carbons (Fsp3) is 0.492. The van der Waals surface area contributed by atoms with Crippen LogP contribution in [0.3, 0.4) is 0 Å². The summed E-state index contributed by atoms with van der Waals surface area (Å²) in [7, 11) is 1.96. The van der Waals surface area contributed by atoms with E-state index in [1.165, 1.54) is 23.2 Å². The molecule has 3 aliphatic rings. The third-order valence-corrected chi connectivity index (χ3v) is 17.0. The lowest BCUT2D eigenvalue weighted by Crippen LogP contribution is -2.58. The number of carbonyl (C=O) groups is 6. The molecule has 2 aromatic carbocycles. The second kappa shape index (κ2) is 29.0. The van der Waals surface area contributed by atoms with Crippen molar-refractivity contribution >= 4 is 64.0 Å². The number of hydrogen-bond acceptors (Lipinski definition) is 16. The van der Waals surface area contributed by atoms with Gasteiger partial charge in [-0.15, -0.1) is 11.3 Å². The highest BCUT2D eigenvalue weighted by molar-refractivity contribution is 7.13. The number of aliphatic hydroxyl groups is 1. The highest BCUT2D eigenvalue weighted by atomic mass is 32.1. The van der Waals surface area contributed by atoms with Gasteiger partial charge in [0.15, 0.2) is 0 Å². The number of rotatable bonds is 22. The predicted molar refractivity (Wildman–Crippen MR) is 323 cm³/mol. The molecule has 3 aliphatic heterocycles. The Bertz CT molecular complexity index is 3340. The van der Waals surface area contributed by atoms with E-state index >= 15 is 4.39 Å². The molecular formula is C61H76F4N12O10S. The molecule has 6 heterocycles. The number of likely N-dealkylation sites (N-methyl/N-ethyl adjacent to an activating group) is 1. The van der Waals surface area contributed by atoms with Gasteiger partial charge in [-0.3, -0.25) is 38.5 Å². The monoisotopic (exact) mass is 1240 g/mol. The number of anilines is 3. The summed E-state index contributed by atoms with van der Waals surface area (Å²) in [6.45, 7) is 13.9. The van der Waals surface area contributed by atoms with Crippen LogP contribution >= 0.6 is 11.3 Å². The summed E-state index contributed by atoms with van der Waals surface area (Å²) in [6.07, 6.45) is -3.80. The quantitative estimate of drug-likeness (QED) is 0.0385. The molecule has 5 atom stereocenters. The third kappa shape index (κ3) is 16.9. The molecule has 0 saturated carbocycles. The van der Waals surface area contributed by atoms with Gasteiger partial charge < -0.3 is 60.4 Å². The number of aromatic nitrogens is 3. The van der Waals surface area contributed by atoms with Crippen molar-refractivity contribution in [3.8, 4) is 21.6 Å². The number of nitrogens with zero attached hydrogens (tertiary/aromatic N) is 7. The van der Waals surface area contributed by atoms with Crippen LogP contribution in [0.25, 0.3) is 21.6 Å². The van der Waals surface area contributed by atoms with Crippen molar-refractivity contribution in [2.45, 2.75) is 104 Å². The van der Waals surface area contributed by atoms with Gasteiger partial charge in [0.1, 0.15) is 30.3 Å². The second-order valence-corrected chi connectivity index (χ2v) is 24.3. The van der Waals surface area contributed by atoms with Crippen LogP contribution in [0.15, 0.2) is 77.3 Å². The van der Waals surface area contributed by atoms with Gasteiger partial charge in [-0.2, -0.15) is 13.2 Å². The Morgan fingerprint density at radius 3 is 2.18 bits per heavy atom. The molecule has 88 heavy (non-hydrogen) atoms. The summed E-state index contributed by atoms with van der Waals surface area (Å²) in [5.74, 6) is -3.28. The predicted octanol–water partition coefficient (Wildman–Crippen LogP) is 5.20. The van der Waals surface area contributed by atoms with Gasteiger partial charge in [0.2, 0.25) is 35.1 Å². The van der Waals surface area contributed by atoms with Crippen molar-refractivity contribution in [2.75, 3.05) is 101 Å². The van der Waals surface area contributed by atoms with Crippen molar-refractivity contribution in [3.63, 3.8) is 0 Å². The number of thiazole rings is 1. The van der Waals surface area contributed by atoms with E-state index in [0.717, 1.165) is 21.7 Å². The number of piperazine rings is 2. The Morgan fingerprint density at radius 2 is 1.53 bits per heavy atom. The minimum absolute atomic E-state index is 0.0170. The summed E-state index contributed by atoms with van der Waals surface area (Å²) in [4.78, 5) is 113. The molecule has 5 aromatic rings. The van der Waals surface area contributed by atoms with E-state index in [4.69, 9.17) is 9.47 Å². The van der Waals surface area contributed by atoms with Gasteiger partial charge >= 0.3 is 6.18 Å². The van der Waals surface area contributed by atoms with Crippen molar-refractivity contribution in [3.05, 3.63) is 111 Å². The zero-order valence-electron chi connectivity index (χ0n) is 50.3. The number of carbonyl (C=O) groups excluding carboxylic acids is 6. The number of aliphatic hydroxyl groups excluding tert-OH is 1. The average Bonchev–Trinajstić information content (AvgIpc) is 1.93. The summed E-state index contributed by atoms with van der Waals surface area (Å²) in [5.41, 5.74) is 1.26. The van der Waals surface area contributed by atoms with Gasteiger partial charge in [-0.1, -0.05) is 45.0 Å². The number of amides is 6. The van der Waals surface area contributed by atoms with E-state index in [9.17, 15) is 51.8 Å². The van der Waals surface area contributed by atoms with Crippen LogP contribution in [-0.4, -0.2) is 186 Å². The van der Waals surface area contributed by atoms with Gasteiger partial charge in [0, 0.05) is 120 Å². The van der Waals surface area contributed by atoms with Crippen LogP contribution in [0.1, 0.15) is 81.1 Å². The lowest BCUT2D eigenvalue weighted by molar-refractivity contribution is -0.144. The molecule has 6 N–H and O–H groups in total. The first-order valence-electron chi connectivity index (χ1n) is 29.1. The van der Waals surface area contributed by atoms with E-state index in [1.807, 2.05) is 61.9 Å². The number of likely N-dealkylation sites (tertiary alicyclic amines) is 1. The number of aryl methyl sites for hydroxylation is 1. The largest absolute Gasteiger partial charge is 0.417 e. The van der Waals surface area contributed by atoms with Gasteiger partial charge in [-0.05, 0) is 68.6 Å². The molecule has 22 nitrogen and oxygen atoms in total. The fourth-order valence-electron chi connectivity index (χ4n) is 10.8. The van der Waals surface area contributed by atoms with E-state index in [1.54, 1.807) is 54.7 Å². The molecule has 0 aliphatic carbocycles. The van der Waals surface area contributed by atoms with Crippen LogP contribution in [0.2, 0.25) is 0 Å². The lowest BCUT2D eigenvalue weighted by Gasteiger charge is -2.44. The van der Waals surface area contributed by atoms with Gasteiger partial charge in [0.05, 0.1) is 64.5 Å². The Morgan fingerprint density at radius 1 is 0.841 bits per heavy atom. The summed E-state index contributed by atoms with van der Waals surface area (Å²) in [5, 5.41) is 21.5. The maximum Gasteiger partial charge on any atom is 0.417 e. The maximum atomic E-state index is 16.2. The number of aromatic amines is 1. The van der Waals surface area contributed by atoms with Crippen LogP contribution in [0.4, 0.5) is 34.8 Å². The summed E-state index contributed by atoms with van der Waals surface area (Å²) < 4.78 is 69.3. The zero-order chi connectivity index (χ0) is 63.6. The van der Waals surface area contributed by atoms with Gasteiger partial charge in [0.25, 0.3) is 5.91 Å². The normalized spacial score (nSPS) is 18.7. The third-order valence-electron chi connectivity index (χ3n) is 16.0. The topological polar surface area (TPSA) is 264 Å². The molecule has 3 saturated heterocycles. The molecular weight excluding hydrogens is 1170 g/mol. The molecule has 8 rings (SSSR count). The molecule has 0 unspecified atom stereocenters. The number of pyridine rings is 2. The van der Waals surface area contributed by atoms with Crippen LogP contribution < -0.4 is 36.6 Å². The lowest BCUT2D eigenvalue weighted by atomic mass is 9.85. The van der Waals surface area contributed by atoms with Crippen molar-refractivity contribution in [1.29, 1.82) is 0 Å². The van der Waals surface area contributed by atoms with Gasteiger partial charge in [-0.25, -0.2) is 14.4 Å². The Labute approximate surface area is 511 Å². The number of benzene rings is 2. The Balaban J connectivity index is 0.731. The zero-order valence-corrected chi connectivity index (χ0v) is 51.1. The SMILES string of the molecule is Cc1ncsc1-c1ccc(CNC(=O)[C@@H]2C[C@@H](O)CN2C(=O)[C@@H](NC(=O)COCCOCCNC(=O)CCC(=O)N2CCN(c3ccc(-c4cc(NC(=O)c5c[nH]c(=O)cc5C(F)(F)F)c(N5C[C@@H](C)N(C)[C@@H](C)C5)cc4F)cn3)CC2)C(C)(C)C)cc1. The first-order valence-corrected chi connectivity index (χ1v) is 30.0. The standard InChI is InChI=1S/C61H76F4N12O10S/c1-36-31-76(32-37(2)73(36)7)48-27-46(62)43(25-47(48)71-57(83)44-30-68-52(80)26-45(44)61(63,64)65)41-12-13-50(67-29-41)74-17-19-75(20-18-74)54(82)15-14-51(79)66-16-21-86-22-23-87-34-53(81)72-56(60(4,5)6)59(85)77-33-42(78)24-49(77)58(84)69-28-39-8-10-40(11-9-39)55-38(3)70-35-88-55/h8-13,25-27,29-30,35-37,42,49,56,78H,14-24,28,31-34H2,1-7H3,(H,66,79)(H,68,80)(H,69,84)(H,71,83)(H,72,81)/t36-,37+,42-,49+,56-/m1/s1. The first kappa shape index (κ1) is 66.1. The van der Waals surface area contributed by atoms with Crippen molar-refractivity contribution < 1.29 is 60.9 Å². The number of ether oxygens (including phenoxy) is 2. The maximum absolute atomic E-state index is 16.2. The number of alkyl halides is 3. The number of halogens is 4. The number of H-pyrrole nitrogens is 1. The minimum Gasteiger partial charge on any atom is -0.391 e. The van der Waals surface area contributed by atoms with E-state index in [2.05, 4.69) is 41.1 Å².